The quantitative estimate of drug-likeness (QED) is 0.846. The van der Waals surface area contributed by atoms with Gasteiger partial charge in [-0.3, -0.25) is 0 Å². The molecule has 1 fully saturated rings. The van der Waals surface area contributed by atoms with E-state index in [1.807, 2.05) is 0 Å². The van der Waals surface area contributed by atoms with Crippen molar-refractivity contribution >= 4 is 11.7 Å². The van der Waals surface area contributed by atoms with Crippen molar-refractivity contribution in [1.29, 1.82) is 5.26 Å². The van der Waals surface area contributed by atoms with Crippen LogP contribution in [0, 0.1) is 17.1 Å². The maximum atomic E-state index is 13.4. The van der Waals surface area contributed by atoms with E-state index in [1.165, 1.54) is 12.1 Å². The summed E-state index contributed by atoms with van der Waals surface area (Å²) in [7, 11) is 0. The predicted octanol–water partition coefficient (Wildman–Crippen LogP) is 1.75. The van der Waals surface area contributed by atoms with E-state index >= 15 is 0 Å². The average molecular weight is 234 g/mol. The van der Waals surface area contributed by atoms with E-state index in [0.29, 0.717) is 18.7 Å². The van der Waals surface area contributed by atoms with Crippen LogP contribution in [0.25, 0.3) is 0 Å². The standard InChI is InChI=1S/C12H11FN2O2/c13-9-3-1-4-10(8(9)7-14)15-6-2-5-11(15)12(16)17/h1,3-4,11H,2,5-6H2,(H,16,17)/t11-/m0/s1. The number of halogens is 1. The minimum atomic E-state index is -0.935. The Bertz CT molecular complexity index is 496. The molecule has 0 aromatic heterocycles. The van der Waals surface area contributed by atoms with Crippen molar-refractivity contribution in [1.82, 2.24) is 0 Å². The molecule has 2 rings (SSSR count). The van der Waals surface area contributed by atoms with Crippen LogP contribution in [0.15, 0.2) is 18.2 Å². The number of aliphatic carboxylic acids is 1. The number of rotatable bonds is 2. The molecule has 4 nitrogen and oxygen atoms in total. The van der Waals surface area contributed by atoms with Gasteiger partial charge in [-0.25, -0.2) is 9.18 Å². The maximum Gasteiger partial charge on any atom is 0.326 e. The molecule has 0 spiro atoms. The molecule has 17 heavy (non-hydrogen) atoms. The molecule has 1 heterocycles. The SMILES string of the molecule is N#Cc1c(F)cccc1N1CCC[C@H]1C(=O)O. The monoisotopic (exact) mass is 234 g/mol. The zero-order valence-corrected chi connectivity index (χ0v) is 9.06. The molecule has 1 N–H and O–H groups in total. The van der Waals surface area contributed by atoms with Crippen LogP contribution >= 0.6 is 0 Å². The van der Waals surface area contributed by atoms with Crippen LogP contribution in [0.1, 0.15) is 18.4 Å². The van der Waals surface area contributed by atoms with Gasteiger partial charge in [0.1, 0.15) is 23.5 Å². The molecular formula is C12H11FN2O2. The van der Waals surface area contributed by atoms with Gasteiger partial charge in [0.05, 0.1) is 5.69 Å². The summed E-state index contributed by atoms with van der Waals surface area (Å²) in [6.45, 7) is 0.537. The van der Waals surface area contributed by atoms with Crippen molar-refractivity contribution < 1.29 is 14.3 Å². The summed E-state index contributed by atoms with van der Waals surface area (Å²) >= 11 is 0. The van der Waals surface area contributed by atoms with Crippen molar-refractivity contribution in [3.63, 3.8) is 0 Å². The fraction of sp³-hybridized carbons (Fsp3) is 0.333. The molecule has 1 aromatic rings. The molecule has 0 unspecified atom stereocenters. The molecular weight excluding hydrogens is 223 g/mol. The van der Waals surface area contributed by atoms with E-state index in [1.54, 1.807) is 17.0 Å². The second-order valence-corrected chi connectivity index (χ2v) is 3.94. The minimum Gasteiger partial charge on any atom is -0.480 e. The Labute approximate surface area is 97.9 Å². The molecule has 1 atom stereocenters. The first-order valence-electron chi connectivity index (χ1n) is 5.33. The number of hydrogen-bond acceptors (Lipinski definition) is 3. The molecule has 1 aliphatic rings. The lowest BCUT2D eigenvalue weighted by Crippen LogP contribution is -2.36. The van der Waals surface area contributed by atoms with Crippen molar-refractivity contribution in [2.75, 3.05) is 11.4 Å². The lowest BCUT2D eigenvalue weighted by atomic mass is 10.1. The Morgan fingerprint density at radius 3 is 3.00 bits per heavy atom. The normalized spacial score (nSPS) is 19.1. The third kappa shape index (κ3) is 1.94. The summed E-state index contributed by atoms with van der Waals surface area (Å²) in [5, 5.41) is 18.0. The third-order valence-electron chi connectivity index (χ3n) is 2.95. The van der Waals surface area contributed by atoms with Gasteiger partial charge in [0.25, 0.3) is 0 Å². The average Bonchev–Trinajstić information content (AvgIpc) is 2.77. The molecule has 1 saturated heterocycles. The van der Waals surface area contributed by atoms with Gasteiger partial charge in [-0.1, -0.05) is 6.07 Å². The Morgan fingerprint density at radius 2 is 2.35 bits per heavy atom. The summed E-state index contributed by atoms with van der Waals surface area (Å²) in [5.41, 5.74) is 0.290. The number of nitrogens with zero attached hydrogens (tertiary/aromatic N) is 2. The molecule has 0 bridgehead atoms. The number of hydrogen-bond donors (Lipinski definition) is 1. The van der Waals surface area contributed by atoms with Crippen LogP contribution in [0.4, 0.5) is 10.1 Å². The van der Waals surface area contributed by atoms with E-state index in [9.17, 15) is 9.18 Å². The molecule has 1 aliphatic heterocycles. The highest BCUT2D eigenvalue weighted by atomic mass is 19.1. The van der Waals surface area contributed by atoms with Crippen LogP contribution in [-0.2, 0) is 4.79 Å². The number of nitriles is 1. The Kier molecular flexibility index (Phi) is 2.96. The fourth-order valence-corrected chi connectivity index (χ4v) is 2.17. The first kappa shape index (κ1) is 11.4. The molecule has 0 amide bonds. The number of carboxylic acid groups (broad SMARTS) is 1. The topological polar surface area (TPSA) is 64.3 Å². The zero-order chi connectivity index (χ0) is 12.4. The maximum absolute atomic E-state index is 13.4. The van der Waals surface area contributed by atoms with Gasteiger partial charge in [-0.15, -0.1) is 0 Å². The predicted molar refractivity (Wildman–Crippen MR) is 59.1 cm³/mol. The first-order valence-corrected chi connectivity index (χ1v) is 5.33. The van der Waals surface area contributed by atoms with Gasteiger partial charge in [0.15, 0.2) is 0 Å². The van der Waals surface area contributed by atoms with Crippen molar-refractivity contribution in [3.8, 4) is 6.07 Å². The van der Waals surface area contributed by atoms with E-state index < -0.39 is 17.8 Å². The van der Waals surface area contributed by atoms with Crippen LogP contribution in [0.5, 0.6) is 0 Å². The third-order valence-corrected chi connectivity index (χ3v) is 2.95. The molecule has 0 saturated carbocycles. The Morgan fingerprint density at radius 1 is 1.59 bits per heavy atom. The number of carbonyl (C=O) groups is 1. The summed E-state index contributed by atoms with van der Waals surface area (Å²) in [4.78, 5) is 12.6. The summed E-state index contributed by atoms with van der Waals surface area (Å²) in [6, 6.07) is 5.40. The smallest absolute Gasteiger partial charge is 0.326 e. The second-order valence-electron chi connectivity index (χ2n) is 3.94. The lowest BCUT2D eigenvalue weighted by Gasteiger charge is -2.24. The van der Waals surface area contributed by atoms with E-state index in [4.69, 9.17) is 10.4 Å². The van der Waals surface area contributed by atoms with Crippen LogP contribution in [0.2, 0.25) is 0 Å². The summed E-state index contributed by atoms with van der Waals surface area (Å²) < 4.78 is 13.4. The van der Waals surface area contributed by atoms with Gasteiger partial charge in [-0.2, -0.15) is 5.26 Å². The number of benzene rings is 1. The zero-order valence-electron chi connectivity index (χ0n) is 9.06. The second kappa shape index (κ2) is 4.42. The minimum absolute atomic E-state index is 0.0827. The van der Waals surface area contributed by atoms with Crippen LogP contribution in [-0.4, -0.2) is 23.7 Å². The van der Waals surface area contributed by atoms with Crippen LogP contribution < -0.4 is 4.90 Å². The van der Waals surface area contributed by atoms with Gasteiger partial charge >= 0.3 is 5.97 Å². The van der Waals surface area contributed by atoms with E-state index in [0.717, 1.165) is 6.42 Å². The van der Waals surface area contributed by atoms with Gasteiger partial charge in [-0.05, 0) is 25.0 Å². The number of anilines is 1. The first-order chi connectivity index (χ1) is 8.15. The molecule has 5 heteroatoms. The van der Waals surface area contributed by atoms with Crippen molar-refractivity contribution in [3.05, 3.63) is 29.6 Å². The summed E-state index contributed by atoms with van der Waals surface area (Å²) in [6.07, 6.45) is 1.26. The fourth-order valence-electron chi connectivity index (χ4n) is 2.17. The Balaban J connectivity index is 2.44. The van der Waals surface area contributed by atoms with Crippen molar-refractivity contribution in [2.45, 2.75) is 18.9 Å². The lowest BCUT2D eigenvalue weighted by molar-refractivity contribution is -0.138. The molecule has 0 aliphatic carbocycles. The van der Waals surface area contributed by atoms with Gasteiger partial charge in [0.2, 0.25) is 0 Å². The van der Waals surface area contributed by atoms with E-state index in [-0.39, 0.29) is 5.56 Å². The molecule has 0 radical (unpaired) electrons. The summed E-state index contributed by atoms with van der Waals surface area (Å²) in [5.74, 6) is -1.54. The highest BCUT2D eigenvalue weighted by molar-refractivity contribution is 5.80. The molecule has 1 aromatic carbocycles. The Hall–Kier alpha value is -2.09. The highest BCUT2D eigenvalue weighted by Crippen LogP contribution is 2.29. The van der Waals surface area contributed by atoms with Crippen LogP contribution in [0.3, 0.4) is 0 Å². The van der Waals surface area contributed by atoms with Gasteiger partial charge < -0.3 is 10.0 Å². The van der Waals surface area contributed by atoms with E-state index in [2.05, 4.69) is 0 Å². The highest BCUT2D eigenvalue weighted by Gasteiger charge is 2.32. The number of carboxylic acids is 1. The molecule has 88 valence electrons. The van der Waals surface area contributed by atoms with Gasteiger partial charge in [0, 0.05) is 6.54 Å². The van der Waals surface area contributed by atoms with Crippen molar-refractivity contribution in [2.24, 2.45) is 0 Å². The largest absolute Gasteiger partial charge is 0.480 e.